The first-order valence-electron chi connectivity index (χ1n) is 11.4. The van der Waals surface area contributed by atoms with E-state index in [1.807, 2.05) is 6.92 Å². The van der Waals surface area contributed by atoms with Crippen LogP contribution in [-0.4, -0.2) is 35.0 Å². The van der Waals surface area contributed by atoms with Crippen LogP contribution >= 0.6 is 0 Å². The van der Waals surface area contributed by atoms with Crippen LogP contribution in [0.3, 0.4) is 0 Å². The van der Waals surface area contributed by atoms with Crippen molar-refractivity contribution in [1.29, 1.82) is 0 Å². The van der Waals surface area contributed by atoms with E-state index in [1.54, 1.807) is 54.6 Å². The Bertz CT molecular complexity index is 1540. The first kappa shape index (κ1) is 25.4. The Labute approximate surface area is 212 Å². The van der Waals surface area contributed by atoms with Gasteiger partial charge in [0.25, 0.3) is 0 Å². The molecule has 37 heavy (non-hydrogen) atoms. The van der Waals surface area contributed by atoms with Gasteiger partial charge in [0.1, 0.15) is 29.1 Å². The third-order valence-electron chi connectivity index (χ3n) is 5.88. The number of carbonyl (C=O) groups excluding carboxylic acids is 1. The highest BCUT2D eigenvalue weighted by atomic mass is 16.5. The monoisotopic (exact) mass is 502 g/mol. The number of ether oxygens (including phenoxy) is 2. The summed E-state index contributed by atoms with van der Waals surface area (Å²) in [6, 6.07) is 16.8. The lowest BCUT2D eigenvalue weighted by Gasteiger charge is -2.21. The highest BCUT2D eigenvalue weighted by Gasteiger charge is 2.31. The van der Waals surface area contributed by atoms with E-state index in [-0.39, 0.29) is 35.3 Å². The quantitative estimate of drug-likeness (QED) is 0.170. The third kappa shape index (κ3) is 5.13. The molecule has 0 aliphatic heterocycles. The second kappa shape index (κ2) is 10.5. The van der Waals surface area contributed by atoms with Crippen molar-refractivity contribution in [1.82, 2.24) is 0 Å². The molecule has 8 heteroatoms. The number of phenolic OH excluding ortho intramolecular Hbond substituents is 3. The number of aromatic hydroxyl groups is 3. The lowest BCUT2D eigenvalue weighted by Crippen LogP contribution is -2.13. The third-order valence-corrected chi connectivity index (χ3v) is 5.88. The summed E-state index contributed by atoms with van der Waals surface area (Å²) >= 11 is 0. The van der Waals surface area contributed by atoms with Crippen molar-refractivity contribution in [2.75, 3.05) is 13.7 Å². The lowest BCUT2D eigenvalue weighted by molar-refractivity contribution is -0.140. The van der Waals surface area contributed by atoms with Crippen LogP contribution < -0.4 is 10.2 Å². The summed E-state index contributed by atoms with van der Waals surface area (Å²) < 4.78 is 16.7. The van der Waals surface area contributed by atoms with Crippen LogP contribution in [0.15, 0.2) is 82.0 Å². The second-order valence-corrected chi connectivity index (χ2v) is 8.66. The topological polar surface area (TPSA) is 126 Å². The van der Waals surface area contributed by atoms with Gasteiger partial charge >= 0.3 is 5.97 Å². The number of rotatable bonds is 8. The van der Waals surface area contributed by atoms with Crippen molar-refractivity contribution >= 4 is 16.9 Å². The smallest absolute Gasteiger partial charge is 0.306 e. The van der Waals surface area contributed by atoms with E-state index in [9.17, 15) is 24.9 Å². The lowest BCUT2D eigenvalue weighted by atomic mass is 9.86. The summed E-state index contributed by atoms with van der Waals surface area (Å²) in [7, 11) is 1.23. The fraction of sp³-hybridized carbons (Fsp3) is 0.172. The van der Waals surface area contributed by atoms with Crippen molar-refractivity contribution in [3.8, 4) is 34.3 Å². The molecule has 4 aromatic rings. The standard InChI is InChI=1S/C29H26O8/c1-16(2)15-36-19-11-7-10-18(12-19)20(13-23(31)35-3)24-26(32)28(34)27(33)25-21(30)14-22(37-29(24)25)17-8-5-4-6-9-17/h4-12,14,20,32-34H,1,13,15H2,2-3H3. The molecule has 0 radical (unpaired) electrons. The van der Waals surface area contributed by atoms with Crippen LogP contribution in [0.4, 0.5) is 0 Å². The van der Waals surface area contributed by atoms with Crippen LogP contribution in [0.25, 0.3) is 22.3 Å². The van der Waals surface area contributed by atoms with Gasteiger partial charge in [-0.05, 0) is 30.2 Å². The molecule has 0 aliphatic rings. The Hall–Kier alpha value is -4.72. The largest absolute Gasteiger partial charge is 0.504 e. The first-order chi connectivity index (χ1) is 17.7. The number of fused-ring (bicyclic) bond motifs is 1. The fourth-order valence-corrected chi connectivity index (χ4v) is 4.11. The van der Waals surface area contributed by atoms with Gasteiger partial charge in [-0.1, -0.05) is 49.0 Å². The minimum Gasteiger partial charge on any atom is -0.504 e. The summed E-state index contributed by atoms with van der Waals surface area (Å²) in [4.78, 5) is 25.6. The molecule has 1 unspecified atom stereocenters. The zero-order chi connectivity index (χ0) is 26.7. The van der Waals surface area contributed by atoms with E-state index in [0.717, 1.165) is 5.57 Å². The maximum atomic E-state index is 13.1. The summed E-state index contributed by atoms with van der Waals surface area (Å²) in [6.07, 6.45) is -0.271. The molecule has 1 atom stereocenters. The normalized spacial score (nSPS) is 11.7. The minimum atomic E-state index is -0.941. The molecule has 190 valence electrons. The number of benzene rings is 3. The molecule has 0 saturated carbocycles. The van der Waals surface area contributed by atoms with Gasteiger partial charge in [-0.15, -0.1) is 0 Å². The van der Waals surface area contributed by atoms with Gasteiger partial charge in [0.15, 0.2) is 16.9 Å². The number of hydrogen-bond donors (Lipinski definition) is 3. The highest BCUT2D eigenvalue weighted by molar-refractivity contribution is 5.93. The number of hydrogen-bond acceptors (Lipinski definition) is 8. The van der Waals surface area contributed by atoms with E-state index < -0.39 is 34.6 Å². The molecular weight excluding hydrogens is 476 g/mol. The van der Waals surface area contributed by atoms with Gasteiger partial charge in [0.2, 0.25) is 5.75 Å². The number of carbonyl (C=O) groups is 1. The number of phenols is 3. The summed E-state index contributed by atoms with van der Waals surface area (Å²) in [6.45, 7) is 5.91. The zero-order valence-corrected chi connectivity index (χ0v) is 20.4. The number of methoxy groups -OCH3 is 1. The van der Waals surface area contributed by atoms with Gasteiger partial charge in [-0.25, -0.2) is 0 Å². The van der Waals surface area contributed by atoms with Crippen LogP contribution in [-0.2, 0) is 9.53 Å². The highest BCUT2D eigenvalue weighted by Crippen LogP contribution is 2.49. The molecule has 0 spiro atoms. The molecule has 1 aromatic heterocycles. The molecule has 3 N–H and O–H groups in total. The molecule has 0 aliphatic carbocycles. The molecule has 0 saturated heterocycles. The van der Waals surface area contributed by atoms with E-state index in [2.05, 4.69) is 6.58 Å². The molecule has 0 bridgehead atoms. The Kier molecular flexibility index (Phi) is 7.20. The van der Waals surface area contributed by atoms with Crippen molar-refractivity contribution in [3.63, 3.8) is 0 Å². The Balaban J connectivity index is 2.01. The van der Waals surface area contributed by atoms with Crippen molar-refractivity contribution in [3.05, 3.63) is 94.2 Å². The van der Waals surface area contributed by atoms with Gasteiger partial charge in [0.05, 0.1) is 13.5 Å². The molecule has 0 amide bonds. The van der Waals surface area contributed by atoms with Gasteiger partial charge in [-0.2, -0.15) is 0 Å². The fourth-order valence-electron chi connectivity index (χ4n) is 4.11. The summed E-state index contributed by atoms with van der Waals surface area (Å²) in [5.74, 6) is -3.33. The molecule has 8 nitrogen and oxygen atoms in total. The average Bonchev–Trinajstić information content (AvgIpc) is 2.90. The zero-order valence-electron chi connectivity index (χ0n) is 20.4. The summed E-state index contributed by atoms with van der Waals surface area (Å²) in [5.41, 5.74) is 1.05. The average molecular weight is 503 g/mol. The van der Waals surface area contributed by atoms with Crippen molar-refractivity contribution < 1.29 is 34.0 Å². The Morgan fingerprint density at radius 1 is 1.00 bits per heavy atom. The summed E-state index contributed by atoms with van der Waals surface area (Å²) in [5, 5.41) is 31.8. The van der Waals surface area contributed by atoms with E-state index >= 15 is 0 Å². The predicted octanol–water partition coefficient (Wildman–Crippen LogP) is 5.23. The molecule has 4 rings (SSSR count). The molecule has 0 fully saturated rings. The molecule has 3 aromatic carbocycles. The van der Waals surface area contributed by atoms with E-state index in [0.29, 0.717) is 16.9 Å². The van der Waals surface area contributed by atoms with Gasteiger partial charge in [0, 0.05) is 23.1 Å². The maximum absolute atomic E-state index is 13.1. The van der Waals surface area contributed by atoms with Crippen LogP contribution in [0.5, 0.6) is 23.0 Å². The SMILES string of the molecule is C=C(C)COc1cccc(C(CC(=O)OC)c2c(O)c(O)c(O)c3c(=O)cc(-c4ccccc4)oc23)c1. The van der Waals surface area contributed by atoms with Gasteiger partial charge < -0.3 is 29.2 Å². The number of esters is 1. The second-order valence-electron chi connectivity index (χ2n) is 8.66. The minimum absolute atomic E-state index is 0.0531. The molecular formula is C29H26O8. The van der Waals surface area contributed by atoms with Crippen LogP contribution in [0.1, 0.15) is 30.4 Å². The first-order valence-corrected chi connectivity index (χ1v) is 11.4. The van der Waals surface area contributed by atoms with Crippen LogP contribution in [0.2, 0.25) is 0 Å². The molecule has 1 heterocycles. The van der Waals surface area contributed by atoms with Crippen molar-refractivity contribution in [2.24, 2.45) is 0 Å². The van der Waals surface area contributed by atoms with E-state index in [1.165, 1.54) is 13.2 Å². The van der Waals surface area contributed by atoms with Gasteiger partial charge in [-0.3, -0.25) is 9.59 Å². The predicted molar refractivity (Wildman–Crippen MR) is 138 cm³/mol. The van der Waals surface area contributed by atoms with Crippen LogP contribution in [0, 0.1) is 0 Å². The van der Waals surface area contributed by atoms with E-state index in [4.69, 9.17) is 13.9 Å². The maximum Gasteiger partial charge on any atom is 0.306 e. The Morgan fingerprint density at radius 3 is 2.41 bits per heavy atom. The Morgan fingerprint density at radius 2 is 1.73 bits per heavy atom. The van der Waals surface area contributed by atoms with Crippen molar-refractivity contribution in [2.45, 2.75) is 19.3 Å².